The first-order valence-electron chi connectivity index (χ1n) is 6.36. The summed E-state index contributed by atoms with van der Waals surface area (Å²) in [4.78, 5) is 6.87. The van der Waals surface area contributed by atoms with E-state index in [1.807, 2.05) is 0 Å². The monoisotopic (exact) mass is 307 g/mol. The zero-order valence-electron chi connectivity index (χ0n) is 12.2. The molecule has 106 valence electrons. The van der Waals surface area contributed by atoms with E-state index in [1.54, 1.807) is 0 Å². The van der Waals surface area contributed by atoms with Crippen LogP contribution < -0.4 is 0 Å². The molecule has 0 atom stereocenters. The van der Waals surface area contributed by atoms with E-state index in [4.69, 9.17) is 0 Å². The first-order chi connectivity index (χ1) is 7.41. The molecule has 0 aliphatic rings. The second-order valence-electron chi connectivity index (χ2n) is 5.64. The number of hydrogen-bond acceptors (Lipinski definition) is 3. The van der Waals surface area contributed by atoms with Gasteiger partial charge in [0.2, 0.25) is 0 Å². The molecule has 0 spiro atoms. The minimum atomic E-state index is 0. The second-order valence-corrected chi connectivity index (χ2v) is 5.64. The summed E-state index contributed by atoms with van der Waals surface area (Å²) < 4.78 is 0. The van der Waals surface area contributed by atoms with Gasteiger partial charge in [-0.05, 0) is 87.1 Å². The predicted octanol–water partition coefficient (Wildman–Crippen LogP) is 0.00610. The van der Waals surface area contributed by atoms with Gasteiger partial charge in [-0.15, -0.1) is 0 Å². The number of rotatable bonds is 9. The maximum absolute atomic E-state index is 2.29. The maximum atomic E-state index is 2.29. The Labute approximate surface area is 119 Å². The topological polar surface area (TPSA) is 9.72 Å². The Morgan fingerprint density at radius 3 is 1.00 bits per heavy atom. The molecule has 17 heavy (non-hydrogen) atoms. The van der Waals surface area contributed by atoms with Crippen molar-refractivity contribution in [3.63, 3.8) is 0 Å². The number of nitrogens with zero attached hydrogens (tertiary/aromatic N) is 3. The molecular weight excluding hydrogens is 271 g/mol. The summed E-state index contributed by atoms with van der Waals surface area (Å²) >= 11 is 0. The molecule has 0 aromatic carbocycles. The molecule has 0 N–H and O–H groups in total. The van der Waals surface area contributed by atoms with Crippen LogP contribution in [0.1, 0.15) is 19.3 Å². The molecular formula is C13H35GeN3. The van der Waals surface area contributed by atoms with Crippen molar-refractivity contribution in [3.8, 4) is 0 Å². The Bertz CT molecular complexity index is 132. The minimum absolute atomic E-state index is 0. The van der Waals surface area contributed by atoms with Gasteiger partial charge in [-0.2, -0.15) is 0 Å². The molecule has 0 amide bonds. The normalized spacial score (nSPS) is 11.6. The van der Waals surface area contributed by atoms with E-state index in [0.29, 0.717) is 0 Å². The third kappa shape index (κ3) is 14.4. The standard InChI is InChI=1S/C13H31N3.GeH4/c1-14(2)10-7-13(8-11-15(3)4)9-12-16(5)6;/h13H,7-12H2,1-6H3;1H4. The van der Waals surface area contributed by atoms with Crippen LogP contribution in [0, 0.1) is 5.92 Å². The molecule has 0 aromatic heterocycles. The van der Waals surface area contributed by atoms with Gasteiger partial charge in [0.25, 0.3) is 0 Å². The zero-order valence-corrected chi connectivity index (χ0v) is 12.2. The molecule has 0 saturated heterocycles. The van der Waals surface area contributed by atoms with Crippen molar-refractivity contribution < 1.29 is 0 Å². The molecule has 0 aliphatic heterocycles. The van der Waals surface area contributed by atoms with Gasteiger partial charge in [-0.25, -0.2) is 0 Å². The molecule has 0 saturated carbocycles. The Kier molecular flexibility index (Phi) is 13.4. The second kappa shape index (κ2) is 11.5. The van der Waals surface area contributed by atoms with E-state index in [0.717, 1.165) is 5.92 Å². The fraction of sp³-hybridized carbons (Fsp3) is 1.00. The van der Waals surface area contributed by atoms with E-state index in [2.05, 4.69) is 57.0 Å². The first-order valence-corrected chi connectivity index (χ1v) is 6.36. The van der Waals surface area contributed by atoms with E-state index in [-0.39, 0.29) is 17.6 Å². The van der Waals surface area contributed by atoms with Gasteiger partial charge in [0.05, 0.1) is 0 Å². The summed E-state index contributed by atoms with van der Waals surface area (Å²) in [6.45, 7) is 3.64. The molecule has 0 bridgehead atoms. The van der Waals surface area contributed by atoms with Crippen molar-refractivity contribution >= 4 is 17.6 Å². The van der Waals surface area contributed by atoms with Crippen LogP contribution in [0.4, 0.5) is 0 Å². The molecule has 0 rings (SSSR count). The summed E-state index contributed by atoms with van der Waals surface area (Å²) in [5.74, 6) is 0.868. The summed E-state index contributed by atoms with van der Waals surface area (Å²) in [6, 6.07) is 0. The molecule has 0 aromatic rings. The van der Waals surface area contributed by atoms with E-state index in [1.165, 1.54) is 38.9 Å². The fourth-order valence-corrected chi connectivity index (χ4v) is 1.76. The van der Waals surface area contributed by atoms with E-state index in [9.17, 15) is 0 Å². The molecule has 3 nitrogen and oxygen atoms in total. The Hall–Kier alpha value is 0.423. The summed E-state index contributed by atoms with van der Waals surface area (Å²) in [6.07, 6.45) is 3.98. The average Bonchev–Trinajstić information content (AvgIpc) is 2.15. The molecule has 0 heterocycles. The average molecular weight is 306 g/mol. The van der Waals surface area contributed by atoms with Gasteiger partial charge in [-0.3, -0.25) is 0 Å². The number of hydrogen-bond donors (Lipinski definition) is 0. The van der Waals surface area contributed by atoms with Gasteiger partial charge in [-0.1, -0.05) is 0 Å². The van der Waals surface area contributed by atoms with E-state index < -0.39 is 0 Å². The van der Waals surface area contributed by atoms with Crippen molar-refractivity contribution in [1.29, 1.82) is 0 Å². The quantitative estimate of drug-likeness (QED) is 0.556. The Balaban J connectivity index is 0. The van der Waals surface area contributed by atoms with Gasteiger partial charge in [0.15, 0.2) is 0 Å². The molecule has 0 fully saturated rings. The summed E-state index contributed by atoms with van der Waals surface area (Å²) in [7, 11) is 13.0. The zero-order chi connectivity index (χ0) is 12.6. The summed E-state index contributed by atoms with van der Waals surface area (Å²) in [5, 5.41) is 0. The summed E-state index contributed by atoms with van der Waals surface area (Å²) in [5.41, 5.74) is 0. The van der Waals surface area contributed by atoms with E-state index >= 15 is 0 Å². The van der Waals surface area contributed by atoms with Crippen LogP contribution in [0.15, 0.2) is 0 Å². The molecule has 0 unspecified atom stereocenters. The van der Waals surface area contributed by atoms with Crippen LogP contribution in [0.2, 0.25) is 0 Å². The van der Waals surface area contributed by atoms with Gasteiger partial charge < -0.3 is 14.7 Å². The molecule has 0 aliphatic carbocycles. The van der Waals surface area contributed by atoms with Crippen LogP contribution in [0.5, 0.6) is 0 Å². The Morgan fingerprint density at radius 2 is 0.824 bits per heavy atom. The SMILES string of the molecule is CN(C)CCC(CCN(C)C)CCN(C)C.[GeH4]. The first kappa shape index (κ1) is 19.8. The molecule has 4 heteroatoms. The van der Waals surface area contributed by atoms with Crippen molar-refractivity contribution in [1.82, 2.24) is 14.7 Å². The van der Waals surface area contributed by atoms with Gasteiger partial charge in [0, 0.05) is 0 Å². The van der Waals surface area contributed by atoms with Crippen LogP contribution in [0.25, 0.3) is 0 Å². The van der Waals surface area contributed by atoms with Crippen molar-refractivity contribution in [3.05, 3.63) is 0 Å². The Morgan fingerprint density at radius 1 is 0.588 bits per heavy atom. The third-order valence-electron chi connectivity index (χ3n) is 2.95. The van der Waals surface area contributed by atoms with Crippen molar-refractivity contribution in [2.75, 3.05) is 61.9 Å². The van der Waals surface area contributed by atoms with Gasteiger partial charge >= 0.3 is 17.6 Å². The molecule has 0 radical (unpaired) electrons. The van der Waals surface area contributed by atoms with Crippen LogP contribution in [0.3, 0.4) is 0 Å². The van der Waals surface area contributed by atoms with Crippen molar-refractivity contribution in [2.24, 2.45) is 5.92 Å². The predicted molar refractivity (Wildman–Crippen MR) is 84.3 cm³/mol. The van der Waals surface area contributed by atoms with Gasteiger partial charge in [0.1, 0.15) is 0 Å². The van der Waals surface area contributed by atoms with Crippen LogP contribution >= 0.6 is 0 Å². The third-order valence-corrected chi connectivity index (χ3v) is 2.95. The fourth-order valence-electron chi connectivity index (χ4n) is 1.76. The van der Waals surface area contributed by atoms with Crippen LogP contribution in [-0.2, 0) is 0 Å². The van der Waals surface area contributed by atoms with Crippen molar-refractivity contribution in [2.45, 2.75) is 19.3 Å². The van der Waals surface area contributed by atoms with Crippen LogP contribution in [-0.4, -0.2) is 94.2 Å².